The standard InChI is InChI=1S/C22H28BrClO4/c1-15(11-24)13-28-21-9-6-17(10-20(21)23)22(2,3)16-4-7-19(8-5-16)27-14-18(26)12-25/h4-10,15,18,25-26H,11-14H2,1-3H3/t15-,18+/m0/s1. The van der Waals surface area contributed by atoms with Crippen LogP contribution in [0.25, 0.3) is 0 Å². The van der Waals surface area contributed by atoms with Gasteiger partial charge in [-0.15, -0.1) is 11.6 Å². The van der Waals surface area contributed by atoms with Crippen LogP contribution in [0.15, 0.2) is 46.9 Å². The van der Waals surface area contributed by atoms with Gasteiger partial charge in [-0.1, -0.05) is 39.0 Å². The van der Waals surface area contributed by atoms with Gasteiger partial charge >= 0.3 is 0 Å². The van der Waals surface area contributed by atoms with Crippen molar-refractivity contribution in [2.45, 2.75) is 32.3 Å². The number of hydrogen-bond acceptors (Lipinski definition) is 4. The summed E-state index contributed by atoms with van der Waals surface area (Å²) in [7, 11) is 0. The van der Waals surface area contributed by atoms with Crippen LogP contribution in [-0.4, -0.2) is 42.0 Å². The third-order valence-electron chi connectivity index (χ3n) is 4.67. The number of ether oxygens (including phenoxy) is 2. The highest BCUT2D eigenvalue weighted by molar-refractivity contribution is 9.10. The largest absolute Gasteiger partial charge is 0.492 e. The Hall–Kier alpha value is -1.27. The van der Waals surface area contributed by atoms with Crippen molar-refractivity contribution in [3.8, 4) is 11.5 Å². The molecule has 0 aromatic heterocycles. The van der Waals surface area contributed by atoms with Gasteiger partial charge in [0, 0.05) is 17.2 Å². The van der Waals surface area contributed by atoms with Gasteiger partial charge in [-0.3, -0.25) is 0 Å². The maximum Gasteiger partial charge on any atom is 0.133 e. The molecule has 0 aliphatic rings. The van der Waals surface area contributed by atoms with E-state index in [0.717, 1.165) is 21.3 Å². The quantitative estimate of drug-likeness (QED) is 0.491. The molecule has 0 saturated heterocycles. The summed E-state index contributed by atoms with van der Waals surface area (Å²) in [4.78, 5) is 0. The molecule has 28 heavy (non-hydrogen) atoms. The fraction of sp³-hybridized carbons (Fsp3) is 0.455. The number of hydrogen-bond donors (Lipinski definition) is 2. The topological polar surface area (TPSA) is 58.9 Å². The van der Waals surface area contributed by atoms with Gasteiger partial charge in [0.2, 0.25) is 0 Å². The van der Waals surface area contributed by atoms with Gasteiger partial charge in [-0.25, -0.2) is 0 Å². The van der Waals surface area contributed by atoms with E-state index >= 15 is 0 Å². The summed E-state index contributed by atoms with van der Waals surface area (Å²) in [6, 6.07) is 13.9. The number of aliphatic hydroxyl groups excluding tert-OH is 2. The minimum absolute atomic E-state index is 0.0655. The first kappa shape index (κ1) is 23.0. The molecule has 0 unspecified atom stereocenters. The van der Waals surface area contributed by atoms with Crippen molar-refractivity contribution < 1.29 is 19.7 Å². The van der Waals surface area contributed by atoms with Crippen molar-refractivity contribution in [3.63, 3.8) is 0 Å². The van der Waals surface area contributed by atoms with Gasteiger partial charge in [0.1, 0.15) is 24.2 Å². The van der Waals surface area contributed by atoms with Crippen molar-refractivity contribution in [2.24, 2.45) is 5.92 Å². The lowest BCUT2D eigenvalue weighted by molar-refractivity contribution is 0.0536. The predicted octanol–water partition coefficient (Wildman–Crippen LogP) is 4.76. The Morgan fingerprint density at radius 2 is 1.68 bits per heavy atom. The third-order valence-corrected chi connectivity index (χ3v) is 5.82. The van der Waals surface area contributed by atoms with Crippen molar-refractivity contribution in [1.29, 1.82) is 0 Å². The van der Waals surface area contributed by atoms with Crippen molar-refractivity contribution in [3.05, 3.63) is 58.1 Å². The second-order valence-corrected chi connectivity index (χ2v) is 8.68. The van der Waals surface area contributed by atoms with E-state index in [1.807, 2.05) is 30.3 Å². The molecule has 0 bridgehead atoms. The van der Waals surface area contributed by atoms with Crippen molar-refractivity contribution in [2.75, 3.05) is 25.7 Å². The Labute approximate surface area is 180 Å². The van der Waals surface area contributed by atoms with E-state index in [-0.39, 0.29) is 18.6 Å². The van der Waals surface area contributed by atoms with Gasteiger partial charge in [0.05, 0.1) is 17.7 Å². The zero-order chi connectivity index (χ0) is 20.7. The number of halogens is 2. The van der Waals surface area contributed by atoms with Gasteiger partial charge in [0.25, 0.3) is 0 Å². The summed E-state index contributed by atoms with van der Waals surface area (Å²) >= 11 is 9.45. The van der Waals surface area contributed by atoms with E-state index in [1.54, 1.807) is 0 Å². The molecule has 2 aromatic carbocycles. The molecule has 4 nitrogen and oxygen atoms in total. The summed E-state index contributed by atoms with van der Waals surface area (Å²) < 4.78 is 12.2. The zero-order valence-electron chi connectivity index (χ0n) is 16.5. The first-order valence-corrected chi connectivity index (χ1v) is 10.6. The molecule has 0 spiro atoms. The summed E-state index contributed by atoms with van der Waals surface area (Å²) in [5.41, 5.74) is 2.08. The summed E-state index contributed by atoms with van der Waals surface area (Å²) in [5.74, 6) is 2.33. The maximum absolute atomic E-state index is 9.39. The SMILES string of the molecule is C[C@@H](CCl)COc1ccc(C(C)(C)c2ccc(OC[C@H](O)CO)cc2)cc1Br. The van der Waals surface area contributed by atoms with E-state index in [0.29, 0.717) is 24.2 Å². The molecule has 6 heteroatoms. The Kier molecular flexibility index (Phi) is 8.62. The predicted molar refractivity (Wildman–Crippen MR) is 117 cm³/mol. The molecule has 0 saturated carbocycles. The smallest absolute Gasteiger partial charge is 0.133 e. The van der Waals surface area contributed by atoms with Gasteiger partial charge in [-0.2, -0.15) is 0 Å². The highest BCUT2D eigenvalue weighted by Crippen LogP contribution is 2.36. The molecule has 2 rings (SSSR count). The molecule has 154 valence electrons. The minimum Gasteiger partial charge on any atom is -0.492 e. The van der Waals surface area contributed by atoms with Crippen LogP contribution in [0.5, 0.6) is 11.5 Å². The molecule has 2 aromatic rings. The minimum atomic E-state index is -0.873. The first-order chi connectivity index (χ1) is 13.3. The monoisotopic (exact) mass is 470 g/mol. The second kappa shape index (κ2) is 10.5. The van der Waals surface area contributed by atoms with Crippen LogP contribution in [0.1, 0.15) is 31.9 Å². The lowest BCUT2D eigenvalue weighted by atomic mass is 9.78. The Bertz CT molecular complexity index is 749. The van der Waals surface area contributed by atoms with E-state index in [9.17, 15) is 5.11 Å². The summed E-state index contributed by atoms with van der Waals surface area (Å²) in [5, 5.41) is 18.2. The third kappa shape index (κ3) is 6.11. The Morgan fingerprint density at radius 3 is 2.25 bits per heavy atom. The average Bonchev–Trinajstić information content (AvgIpc) is 2.70. The molecule has 0 aliphatic carbocycles. The number of aliphatic hydroxyl groups is 2. The van der Waals surface area contributed by atoms with Crippen LogP contribution in [-0.2, 0) is 5.41 Å². The van der Waals surface area contributed by atoms with E-state index in [1.165, 1.54) is 0 Å². The van der Waals surface area contributed by atoms with E-state index < -0.39 is 6.10 Å². The highest BCUT2D eigenvalue weighted by Gasteiger charge is 2.24. The van der Waals surface area contributed by atoms with Crippen molar-refractivity contribution in [1.82, 2.24) is 0 Å². The van der Waals surface area contributed by atoms with Crippen LogP contribution in [0, 0.1) is 5.92 Å². The lowest BCUT2D eigenvalue weighted by Gasteiger charge is -2.27. The van der Waals surface area contributed by atoms with E-state index in [4.69, 9.17) is 26.2 Å². The second-order valence-electron chi connectivity index (χ2n) is 7.51. The van der Waals surface area contributed by atoms with Crippen LogP contribution >= 0.6 is 27.5 Å². The summed E-state index contributed by atoms with van der Waals surface area (Å²) in [6.07, 6.45) is -0.873. The fourth-order valence-corrected chi connectivity index (χ4v) is 3.25. The molecular formula is C22H28BrClO4. The average molecular weight is 472 g/mol. The lowest BCUT2D eigenvalue weighted by Crippen LogP contribution is -2.21. The Balaban J connectivity index is 2.11. The molecule has 2 atom stereocenters. The van der Waals surface area contributed by atoms with Gasteiger partial charge in [0.15, 0.2) is 0 Å². The molecule has 0 radical (unpaired) electrons. The van der Waals surface area contributed by atoms with Crippen LogP contribution in [0.3, 0.4) is 0 Å². The maximum atomic E-state index is 9.39. The first-order valence-electron chi connectivity index (χ1n) is 9.29. The van der Waals surface area contributed by atoms with Crippen molar-refractivity contribution >= 4 is 27.5 Å². The van der Waals surface area contributed by atoms with Crippen LogP contribution < -0.4 is 9.47 Å². The number of benzene rings is 2. The number of rotatable bonds is 10. The Morgan fingerprint density at radius 1 is 1.04 bits per heavy atom. The normalized spacial score (nSPS) is 13.8. The molecule has 2 N–H and O–H groups in total. The molecule has 0 aliphatic heterocycles. The molecular weight excluding hydrogens is 444 g/mol. The zero-order valence-corrected chi connectivity index (χ0v) is 18.8. The van der Waals surface area contributed by atoms with Crippen LogP contribution in [0.2, 0.25) is 0 Å². The molecule has 0 amide bonds. The van der Waals surface area contributed by atoms with E-state index in [2.05, 4.69) is 48.8 Å². The number of alkyl halides is 1. The van der Waals surface area contributed by atoms with Crippen LogP contribution in [0.4, 0.5) is 0 Å². The van der Waals surface area contributed by atoms with Gasteiger partial charge < -0.3 is 19.7 Å². The fourth-order valence-electron chi connectivity index (χ4n) is 2.66. The highest BCUT2D eigenvalue weighted by atomic mass is 79.9. The van der Waals surface area contributed by atoms with Gasteiger partial charge in [-0.05, 0) is 51.3 Å². The molecule has 0 heterocycles. The summed E-state index contributed by atoms with van der Waals surface area (Å²) in [6.45, 7) is 6.71. The molecule has 0 fully saturated rings.